The maximum absolute atomic E-state index is 14.0. The maximum atomic E-state index is 14.0. The number of halogens is 1. The quantitative estimate of drug-likeness (QED) is 0.811. The lowest BCUT2D eigenvalue weighted by molar-refractivity contribution is 0.103. The lowest BCUT2D eigenvalue weighted by Gasteiger charge is -2.17. The summed E-state index contributed by atoms with van der Waals surface area (Å²) in [6, 6.07) is 9.50. The summed E-state index contributed by atoms with van der Waals surface area (Å²) >= 11 is 0. The third kappa shape index (κ3) is 2.61. The minimum absolute atomic E-state index is 0.0486. The fourth-order valence-electron chi connectivity index (χ4n) is 2.46. The topological polar surface area (TPSA) is 35.5 Å². The minimum Gasteiger partial charge on any atom is -0.497 e. The lowest BCUT2D eigenvalue weighted by Crippen LogP contribution is -2.10. The second-order valence-corrected chi connectivity index (χ2v) is 4.95. The van der Waals surface area contributed by atoms with Crippen molar-refractivity contribution in [3.63, 3.8) is 0 Å². The number of hydrogen-bond acceptors (Lipinski definition) is 3. The van der Waals surface area contributed by atoms with Crippen LogP contribution in [0.3, 0.4) is 0 Å². The van der Waals surface area contributed by atoms with E-state index >= 15 is 0 Å². The van der Waals surface area contributed by atoms with Crippen LogP contribution in [0.25, 0.3) is 0 Å². The van der Waals surface area contributed by atoms with Crippen molar-refractivity contribution in [3.8, 4) is 11.5 Å². The van der Waals surface area contributed by atoms with Gasteiger partial charge in [-0.15, -0.1) is 0 Å². The average Bonchev–Trinajstić information content (AvgIpc) is 2.53. The molecule has 0 fully saturated rings. The molecular formula is C17H15FO3. The highest BCUT2D eigenvalue weighted by molar-refractivity contribution is 6.09. The molecule has 108 valence electrons. The van der Waals surface area contributed by atoms with Gasteiger partial charge in [0.25, 0.3) is 0 Å². The van der Waals surface area contributed by atoms with Gasteiger partial charge in [-0.3, -0.25) is 4.79 Å². The number of rotatable bonds is 3. The van der Waals surface area contributed by atoms with E-state index in [2.05, 4.69) is 0 Å². The molecule has 3 nitrogen and oxygen atoms in total. The van der Waals surface area contributed by atoms with Gasteiger partial charge in [0.15, 0.2) is 5.78 Å². The molecular weight excluding hydrogens is 271 g/mol. The Morgan fingerprint density at radius 2 is 2.10 bits per heavy atom. The molecule has 1 heterocycles. The maximum Gasteiger partial charge on any atom is 0.195 e. The zero-order chi connectivity index (χ0) is 14.8. The van der Waals surface area contributed by atoms with Gasteiger partial charge in [-0.1, -0.05) is 0 Å². The van der Waals surface area contributed by atoms with Gasteiger partial charge in [-0.05, 0) is 48.7 Å². The largest absolute Gasteiger partial charge is 0.497 e. The summed E-state index contributed by atoms with van der Waals surface area (Å²) in [6.07, 6.45) is 1.81. The van der Waals surface area contributed by atoms with Crippen LogP contribution in [0.5, 0.6) is 11.5 Å². The molecule has 2 aromatic carbocycles. The van der Waals surface area contributed by atoms with Gasteiger partial charge < -0.3 is 9.47 Å². The predicted molar refractivity (Wildman–Crippen MR) is 76.6 cm³/mol. The Labute approximate surface area is 122 Å². The molecule has 21 heavy (non-hydrogen) atoms. The predicted octanol–water partition coefficient (Wildman–Crippen LogP) is 3.39. The third-order valence-corrected chi connectivity index (χ3v) is 3.59. The average molecular weight is 286 g/mol. The molecule has 0 aliphatic carbocycles. The van der Waals surface area contributed by atoms with E-state index in [4.69, 9.17) is 9.47 Å². The summed E-state index contributed by atoms with van der Waals surface area (Å²) in [5.74, 6) is 0.299. The van der Waals surface area contributed by atoms with Crippen molar-refractivity contribution in [3.05, 3.63) is 58.9 Å². The molecule has 1 aliphatic heterocycles. The molecule has 0 N–H and O–H groups in total. The molecule has 0 radical (unpaired) electrons. The number of methoxy groups -OCH3 is 1. The summed E-state index contributed by atoms with van der Waals surface area (Å²) in [4.78, 5) is 12.4. The van der Waals surface area contributed by atoms with E-state index in [-0.39, 0.29) is 11.3 Å². The van der Waals surface area contributed by atoms with Gasteiger partial charge in [0.2, 0.25) is 0 Å². The van der Waals surface area contributed by atoms with Gasteiger partial charge in [-0.2, -0.15) is 0 Å². The Balaban J connectivity index is 1.95. The van der Waals surface area contributed by atoms with Crippen LogP contribution in [0.2, 0.25) is 0 Å². The van der Waals surface area contributed by atoms with Gasteiger partial charge in [0.05, 0.1) is 19.3 Å². The van der Waals surface area contributed by atoms with Crippen molar-refractivity contribution < 1.29 is 18.7 Å². The van der Waals surface area contributed by atoms with Crippen molar-refractivity contribution in [1.29, 1.82) is 0 Å². The number of hydrogen-bond donors (Lipinski definition) is 0. The van der Waals surface area contributed by atoms with E-state index in [9.17, 15) is 9.18 Å². The molecule has 0 atom stereocenters. The molecule has 2 aromatic rings. The van der Waals surface area contributed by atoms with Crippen LogP contribution >= 0.6 is 0 Å². The van der Waals surface area contributed by atoms with E-state index in [1.807, 2.05) is 0 Å². The minimum atomic E-state index is -0.576. The molecule has 1 aliphatic rings. The van der Waals surface area contributed by atoms with Crippen LogP contribution in [0, 0.1) is 5.82 Å². The first-order chi connectivity index (χ1) is 10.2. The Morgan fingerprint density at radius 3 is 2.86 bits per heavy atom. The molecule has 3 rings (SSSR count). The van der Waals surface area contributed by atoms with E-state index in [1.54, 1.807) is 24.3 Å². The first kappa shape index (κ1) is 13.6. The zero-order valence-electron chi connectivity index (χ0n) is 11.7. The number of benzene rings is 2. The highest BCUT2D eigenvalue weighted by Crippen LogP contribution is 2.27. The smallest absolute Gasteiger partial charge is 0.195 e. The Morgan fingerprint density at radius 1 is 1.24 bits per heavy atom. The zero-order valence-corrected chi connectivity index (χ0v) is 11.7. The number of carbonyl (C=O) groups is 1. The molecule has 0 bridgehead atoms. The second kappa shape index (κ2) is 5.56. The molecule has 0 aromatic heterocycles. The van der Waals surface area contributed by atoms with Crippen molar-refractivity contribution in [2.45, 2.75) is 12.8 Å². The summed E-state index contributed by atoms with van der Waals surface area (Å²) in [5.41, 5.74) is 1.52. The van der Waals surface area contributed by atoms with E-state index < -0.39 is 5.82 Å². The molecule has 0 saturated heterocycles. The van der Waals surface area contributed by atoms with Crippen molar-refractivity contribution in [1.82, 2.24) is 0 Å². The number of carbonyl (C=O) groups excluding carboxylic acids is 1. The van der Waals surface area contributed by atoms with Crippen LogP contribution in [0.1, 0.15) is 27.9 Å². The van der Waals surface area contributed by atoms with Gasteiger partial charge in [0, 0.05) is 11.6 Å². The Bertz CT molecular complexity index is 694. The lowest BCUT2D eigenvalue weighted by atomic mass is 9.98. The Hall–Kier alpha value is -2.36. The van der Waals surface area contributed by atoms with Crippen molar-refractivity contribution >= 4 is 5.78 Å². The SMILES string of the molecule is COc1ccc(C(=O)c2ccc3c(c2)CCCO3)c(F)c1. The molecule has 0 spiro atoms. The van der Waals surface area contributed by atoms with Crippen LogP contribution < -0.4 is 9.47 Å². The van der Waals surface area contributed by atoms with E-state index in [0.717, 1.165) is 24.2 Å². The fraction of sp³-hybridized carbons (Fsp3) is 0.235. The van der Waals surface area contributed by atoms with Crippen LogP contribution in [-0.2, 0) is 6.42 Å². The molecule has 0 saturated carbocycles. The molecule has 0 unspecified atom stereocenters. The van der Waals surface area contributed by atoms with Gasteiger partial charge in [-0.25, -0.2) is 4.39 Å². The van der Waals surface area contributed by atoms with E-state index in [0.29, 0.717) is 17.9 Å². The highest BCUT2D eigenvalue weighted by atomic mass is 19.1. The molecule has 0 amide bonds. The highest BCUT2D eigenvalue weighted by Gasteiger charge is 2.18. The van der Waals surface area contributed by atoms with Gasteiger partial charge in [0.1, 0.15) is 17.3 Å². The Kier molecular flexibility index (Phi) is 3.60. The first-order valence-electron chi connectivity index (χ1n) is 6.83. The van der Waals surface area contributed by atoms with Crippen LogP contribution in [0.15, 0.2) is 36.4 Å². The number of ketones is 1. The summed E-state index contributed by atoms with van der Waals surface area (Å²) in [5, 5.41) is 0. The number of fused-ring (bicyclic) bond motifs is 1. The van der Waals surface area contributed by atoms with Crippen LogP contribution in [-0.4, -0.2) is 19.5 Å². The van der Waals surface area contributed by atoms with Crippen LogP contribution in [0.4, 0.5) is 4.39 Å². The fourth-order valence-corrected chi connectivity index (χ4v) is 2.46. The number of ether oxygens (including phenoxy) is 2. The van der Waals surface area contributed by atoms with Gasteiger partial charge >= 0.3 is 0 Å². The summed E-state index contributed by atoms with van der Waals surface area (Å²) < 4.78 is 24.4. The standard InChI is InChI=1S/C17H15FO3/c1-20-13-5-6-14(15(18)10-13)17(19)12-4-7-16-11(9-12)3-2-8-21-16/h4-7,9-10H,2-3,8H2,1H3. The van der Waals surface area contributed by atoms with E-state index in [1.165, 1.54) is 19.2 Å². The molecule has 4 heteroatoms. The summed E-state index contributed by atoms with van der Waals surface area (Å²) in [6.45, 7) is 0.702. The second-order valence-electron chi connectivity index (χ2n) is 4.95. The normalized spacial score (nSPS) is 13.2. The third-order valence-electron chi connectivity index (χ3n) is 3.59. The monoisotopic (exact) mass is 286 g/mol. The number of aryl methyl sites for hydroxylation is 1. The summed E-state index contributed by atoms with van der Waals surface area (Å²) in [7, 11) is 1.46. The first-order valence-corrected chi connectivity index (χ1v) is 6.83. The van der Waals surface area contributed by atoms with Crippen molar-refractivity contribution in [2.24, 2.45) is 0 Å². The van der Waals surface area contributed by atoms with Crippen molar-refractivity contribution in [2.75, 3.05) is 13.7 Å².